The molecule has 0 atom stereocenters. The highest BCUT2D eigenvalue weighted by Gasteiger charge is 2.12. The number of hydrogen-bond acceptors (Lipinski definition) is 4. The fourth-order valence-electron chi connectivity index (χ4n) is 3.79. The molecule has 2 heterocycles. The van der Waals surface area contributed by atoms with Crippen molar-refractivity contribution in [3.63, 3.8) is 0 Å². The molecule has 5 nitrogen and oxygen atoms in total. The molecule has 0 radical (unpaired) electrons. The van der Waals surface area contributed by atoms with Gasteiger partial charge < -0.3 is 9.84 Å². The maximum Gasteiger partial charge on any atom is 0.335 e. The van der Waals surface area contributed by atoms with Crippen LogP contribution in [-0.4, -0.2) is 53.8 Å². The SMILES string of the molecule is O=C(O)c1ccc(-c2ccc(CCCN3CCOCC3)c3cccnc23)cc1. The molecule has 1 saturated heterocycles. The van der Waals surface area contributed by atoms with Gasteiger partial charge in [-0.2, -0.15) is 0 Å². The smallest absolute Gasteiger partial charge is 0.335 e. The molecular formula is C23H24N2O3. The lowest BCUT2D eigenvalue weighted by Gasteiger charge is -2.26. The molecule has 1 aliphatic rings. The molecule has 4 rings (SSSR count). The van der Waals surface area contributed by atoms with Crippen molar-refractivity contribution in [3.8, 4) is 11.1 Å². The van der Waals surface area contributed by atoms with E-state index in [0.29, 0.717) is 5.56 Å². The number of pyridine rings is 1. The minimum Gasteiger partial charge on any atom is -0.478 e. The summed E-state index contributed by atoms with van der Waals surface area (Å²) in [4.78, 5) is 18.2. The van der Waals surface area contributed by atoms with Crippen molar-refractivity contribution < 1.29 is 14.6 Å². The summed E-state index contributed by atoms with van der Waals surface area (Å²) in [6.45, 7) is 4.80. The number of aromatic nitrogens is 1. The number of benzene rings is 2. The van der Waals surface area contributed by atoms with Gasteiger partial charge in [-0.05, 0) is 48.7 Å². The molecule has 144 valence electrons. The minimum atomic E-state index is -0.912. The third-order valence-electron chi connectivity index (χ3n) is 5.33. The Balaban J connectivity index is 1.56. The first-order valence-corrected chi connectivity index (χ1v) is 9.73. The molecule has 0 saturated carbocycles. The van der Waals surface area contributed by atoms with Crippen LogP contribution in [0.3, 0.4) is 0 Å². The van der Waals surface area contributed by atoms with Crippen molar-refractivity contribution in [1.29, 1.82) is 0 Å². The number of aryl methyl sites for hydroxylation is 1. The quantitative estimate of drug-likeness (QED) is 0.708. The summed E-state index contributed by atoms with van der Waals surface area (Å²) in [5.41, 5.74) is 4.58. The van der Waals surface area contributed by atoms with Gasteiger partial charge >= 0.3 is 5.97 Å². The Morgan fingerprint density at radius 2 is 1.86 bits per heavy atom. The minimum absolute atomic E-state index is 0.292. The molecule has 1 N–H and O–H groups in total. The number of hydrogen-bond donors (Lipinski definition) is 1. The Labute approximate surface area is 164 Å². The Bertz CT molecular complexity index is 963. The summed E-state index contributed by atoms with van der Waals surface area (Å²) in [6, 6.07) is 15.4. The number of nitrogens with zero attached hydrogens (tertiary/aromatic N) is 2. The molecule has 2 aromatic carbocycles. The maximum absolute atomic E-state index is 11.1. The monoisotopic (exact) mass is 376 g/mol. The second-order valence-corrected chi connectivity index (χ2v) is 7.11. The Morgan fingerprint density at radius 3 is 2.61 bits per heavy atom. The van der Waals surface area contributed by atoms with Crippen molar-refractivity contribution in [2.75, 3.05) is 32.8 Å². The van der Waals surface area contributed by atoms with Crippen LogP contribution < -0.4 is 0 Å². The molecule has 1 fully saturated rings. The number of carbonyl (C=O) groups is 1. The highest BCUT2D eigenvalue weighted by Crippen LogP contribution is 2.30. The highest BCUT2D eigenvalue weighted by atomic mass is 16.5. The van der Waals surface area contributed by atoms with Gasteiger partial charge in [-0.1, -0.05) is 30.3 Å². The number of fused-ring (bicyclic) bond motifs is 1. The van der Waals surface area contributed by atoms with Crippen LogP contribution >= 0.6 is 0 Å². The maximum atomic E-state index is 11.1. The fourth-order valence-corrected chi connectivity index (χ4v) is 3.79. The van der Waals surface area contributed by atoms with E-state index in [1.807, 2.05) is 24.4 Å². The fraction of sp³-hybridized carbons (Fsp3) is 0.304. The first kappa shape index (κ1) is 18.6. The molecular weight excluding hydrogens is 352 g/mol. The van der Waals surface area contributed by atoms with Crippen molar-refractivity contribution >= 4 is 16.9 Å². The zero-order chi connectivity index (χ0) is 19.3. The summed E-state index contributed by atoms with van der Waals surface area (Å²) in [6.07, 6.45) is 3.93. The predicted octanol–water partition coefficient (Wildman–Crippen LogP) is 3.86. The lowest BCUT2D eigenvalue weighted by Crippen LogP contribution is -2.36. The predicted molar refractivity (Wildman–Crippen MR) is 110 cm³/mol. The normalized spacial score (nSPS) is 15.0. The molecule has 0 bridgehead atoms. The number of aromatic carboxylic acids is 1. The van der Waals surface area contributed by atoms with Gasteiger partial charge in [-0.3, -0.25) is 9.88 Å². The number of rotatable bonds is 6. The van der Waals surface area contributed by atoms with Crippen LogP contribution in [0.15, 0.2) is 54.7 Å². The van der Waals surface area contributed by atoms with Crippen molar-refractivity contribution in [2.24, 2.45) is 0 Å². The van der Waals surface area contributed by atoms with E-state index in [4.69, 9.17) is 9.84 Å². The van der Waals surface area contributed by atoms with Crippen LogP contribution in [0.1, 0.15) is 22.3 Å². The zero-order valence-electron chi connectivity index (χ0n) is 15.8. The molecule has 28 heavy (non-hydrogen) atoms. The van der Waals surface area contributed by atoms with Crippen LogP contribution in [0.4, 0.5) is 0 Å². The van der Waals surface area contributed by atoms with Crippen LogP contribution in [0.5, 0.6) is 0 Å². The Kier molecular flexibility index (Phi) is 5.65. The van der Waals surface area contributed by atoms with Crippen LogP contribution in [0.2, 0.25) is 0 Å². The van der Waals surface area contributed by atoms with Gasteiger partial charge in [-0.15, -0.1) is 0 Å². The molecule has 5 heteroatoms. The molecule has 0 aliphatic carbocycles. The first-order chi connectivity index (χ1) is 13.7. The Hall–Kier alpha value is -2.76. The van der Waals surface area contributed by atoms with Gasteiger partial charge in [0, 0.05) is 30.2 Å². The number of carboxylic acids is 1. The van der Waals surface area contributed by atoms with Crippen molar-refractivity contribution in [3.05, 3.63) is 65.9 Å². The summed E-state index contributed by atoms with van der Waals surface area (Å²) in [5, 5.41) is 10.3. The summed E-state index contributed by atoms with van der Waals surface area (Å²) >= 11 is 0. The van der Waals surface area contributed by atoms with Crippen LogP contribution in [-0.2, 0) is 11.2 Å². The molecule has 3 aromatic rings. The van der Waals surface area contributed by atoms with E-state index in [1.54, 1.807) is 12.1 Å². The van der Waals surface area contributed by atoms with Crippen LogP contribution in [0.25, 0.3) is 22.0 Å². The van der Waals surface area contributed by atoms with E-state index >= 15 is 0 Å². The second kappa shape index (κ2) is 8.50. The zero-order valence-corrected chi connectivity index (χ0v) is 15.8. The van der Waals surface area contributed by atoms with Crippen molar-refractivity contribution in [2.45, 2.75) is 12.8 Å². The largest absolute Gasteiger partial charge is 0.478 e. The lowest BCUT2D eigenvalue weighted by molar-refractivity contribution is 0.0375. The third-order valence-corrected chi connectivity index (χ3v) is 5.33. The highest BCUT2D eigenvalue weighted by molar-refractivity contribution is 5.96. The van der Waals surface area contributed by atoms with Crippen LogP contribution in [0, 0.1) is 0 Å². The van der Waals surface area contributed by atoms with E-state index in [0.717, 1.165) is 62.3 Å². The molecule has 0 unspecified atom stereocenters. The second-order valence-electron chi connectivity index (χ2n) is 7.11. The van der Waals surface area contributed by atoms with E-state index in [1.165, 1.54) is 10.9 Å². The van der Waals surface area contributed by atoms with Gasteiger partial charge in [0.25, 0.3) is 0 Å². The van der Waals surface area contributed by atoms with Gasteiger partial charge in [0.1, 0.15) is 0 Å². The van der Waals surface area contributed by atoms with Gasteiger partial charge in [0.05, 0.1) is 24.3 Å². The van der Waals surface area contributed by atoms with Gasteiger partial charge in [0.15, 0.2) is 0 Å². The van der Waals surface area contributed by atoms with E-state index in [2.05, 4.69) is 28.1 Å². The number of morpholine rings is 1. The summed E-state index contributed by atoms with van der Waals surface area (Å²) in [5.74, 6) is -0.912. The molecule has 0 spiro atoms. The van der Waals surface area contributed by atoms with E-state index < -0.39 is 5.97 Å². The number of carboxylic acid groups (broad SMARTS) is 1. The topological polar surface area (TPSA) is 62.7 Å². The first-order valence-electron chi connectivity index (χ1n) is 9.73. The Morgan fingerprint density at radius 1 is 1.07 bits per heavy atom. The standard InChI is InChI=1S/C23H24N2O3/c26-23(27)19-7-5-18(6-8-19)21-10-9-17(20-4-1-11-24-22(20)21)3-2-12-25-13-15-28-16-14-25/h1,4-11H,2-3,12-16H2,(H,26,27). The lowest BCUT2D eigenvalue weighted by atomic mass is 9.96. The average Bonchev–Trinajstić information content (AvgIpc) is 2.75. The number of ether oxygens (including phenoxy) is 1. The van der Waals surface area contributed by atoms with Crippen molar-refractivity contribution in [1.82, 2.24) is 9.88 Å². The third kappa shape index (κ3) is 4.06. The van der Waals surface area contributed by atoms with Gasteiger partial charge in [-0.25, -0.2) is 4.79 Å². The summed E-state index contributed by atoms with van der Waals surface area (Å²) < 4.78 is 5.42. The molecule has 1 aromatic heterocycles. The van der Waals surface area contributed by atoms with E-state index in [9.17, 15) is 4.79 Å². The van der Waals surface area contributed by atoms with E-state index in [-0.39, 0.29) is 0 Å². The molecule has 0 amide bonds. The average molecular weight is 376 g/mol. The van der Waals surface area contributed by atoms with Gasteiger partial charge in [0.2, 0.25) is 0 Å². The molecule has 1 aliphatic heterocycles. The summed E-state index contributed by atoms with van der Waals surface area (Å²) in [7, 11) is 0.